The number of benzene rings is 2. The van der Waals surface area contributed by atoms with Gasteiger partial charge in [0.05, 0.1) is 23.0 Å². The monoisotopic (exact) mass is 442 g/mol. The number of hydrogen-bond donors (Lipinski definition) is 3. The van der Waals surface area contributed by atoms with Crippen LogP contribution in [-0.2, 0) is 6.18 Å². The quantitative estimate of drug-likeness (QED) is 0.400. The van der Waals surface area contributed by atoms with Crippen LogP contribution in [0.4, 0.5) is 13.2 Å². The maximum atomic E-state index is 13.4. The molecule has 3 N–H and O–H groups in total. The van der Waals surface area contributed by atoms with Gasteiger partial charge in [0.1, 0.15) is 0 Å². The Morgan fingerprint density at radius 1 is 1.00 bits per heavy atom. The second kappa shape index (κ2) is 8.53. The molecule has 11 heteroatoms. The largest absolute Gasteiger partial charge is 0.435 e. The van der Waals surface area contributed by atoms with Crippen LogP contribution < -0.4 is 10.6 Å². The van der Waals surface area contributed by atoms with Crippen LogP contribution in [0.2, 0.25) is 0 Å². The van der Waals surface area contributed by atoms with Gasteiger partial charge in [0.25, 0.3) is 11.8 Å². The highest BCUT2D eigenvalue weighted by Gasteiger charge is 2.39. The summed E-state index contributed by atoms with van der Waals surface area (Å²) in [7, 11) is 0. The first-order valence-corrected chi connectivity index (χ1v) is 9.55. The molecule has 0 atom stereocenters. The molecular formula is C21H17F3N6O2. The lowest BCUT2D eigenvalue weighted by atomic mass is 10.1. The van der Waals surface area contributed by atoms with Crippen molar-refractivity contribution in [2.45, 2.75) is 6.18 Å². The Balaban J connectivity index is 1.39. The molecule has 4 rings (SSSR count). The SMILES string of the molecule is O=C(NCCNC(=O)c1cn(-c2ccccc2)nc1C(F)(F)F)c1ccc2cn[nH]c2c1. The first kappa shape index (κ1) is 21.1. The normalized spacial score (nSPS) is 11.5. The second-order valence-electron chi connectivity index (χ2n) is 6.85. The number of rotatable bonds is 6. The molecule has 2 aromatic carbocycles. The third kappa shape index (κ3) is 4.46. The fourth-order valence-corrected chi connectivity index (χ4v) is 3.09. The molecule has 0 aliphatic carbocycles. The van der Waals surface area contributed by atoms with Gasteiger partial charge in [-0.1, -0.05) is 24.3 Å². The van der Waals surface area contributed by atoms with Crippen molar-refractivity contribution in [3.63, 3.8) is 0 Å². The van der Waals surface area contributed by atoms with Crippen molar-refractivity contribution in [1.82, 2.24) is 30.6 Å². The minimum absolute atomic E-state index is 0.0275. The number of halogens is 3. The average molecular weight is 442 g/mol. The number of alkyl halides is 3. The standard InChI is InChI=1S/C21H17F3N6O2/c22-21(23,24)18-16(12-30(29-18)15-4-2-1-3-5-15)20(32)26-9-8-25-19(31)13-6-7-14-11-27-28-17(14)10-13/h1-7,10-12H,8-9H2,(H,25,31)(H,26,32)(H,27,28). The summed E-state index contributed by atoms with van der Waals surface area (Å²) in [4.78, 5) is 24.7. The van der Waals surface area contributed by atoms with Crippen LogP contribution in [0.1, 0.15) is 26.4 Å². The van der Waals surface area contributed by atoms with Gasteiger partial charge in [-0.15, -0.1) is 0 Å². The summed E-state index contributed by atoms with van der Waals surface area (Å²) < 4.78 is 41.2. The summed E-state index contributed by atoms with van der Waals surface area (Å²) in [6.07, 6.45) is -2.14. The molecule has 4 aromatic rings. The molecule has 0 saturated carbocycles. The van der Waals surface area contributed by atoms with E-state index < -0.39 is 23.3 Å². The van der Waals surface area contributed by atoms with Crippen LogP contribution in [0, 0.1) is 0 Å². The summed E-state index contributed by atoms with van der Waals surface area (Å²) in [5.74, 6) is -1.32. The number of para-hydroxylation sites is 1. The van der Waals surface area contributed by atoms with Crippen molar-refractivity contribution in [3.05, 3.63) is 77.7 Å². The predicted molar refractivity (Wildman–Crippen MR) is 109 cm³/mol. The predicted octanol–water partition coefficient (Wildman–Crippen LogP) is 2.93. The first-order valence-electron chi connectivity index (χ1n) is 9.55. The number of fused-ring (bicyclic) bond motifs is 1. The van der Waals surface area contributed by atoms with E-state index in [4.69, 9.17) is 0 Å². The van der Waals surface area contributed by atoms with Gasteiger partial charge < -0.3 is 10.6 Å². The van der Waals surface area contributed by atoms with Gasteiger partial charge in [-0.25, -0.2) is 4.68 Å². The summed E-state index contributed by atoms with van der Waals surface area (Å²) in [5, 5.41) is 16.0. The van der Waals surface area contributed by atoms with E-state index in [1.807, 2.05) is 0 Å². The molecule has 0 radical (unpaired) electrons. The highest BCUT2D eigenvalue weighted by molar-refractivity contribution is 5.98. The number of nitrogens with one attached hydrogen (secondary N) is 3. The lowest BCUT2D eigenvalue weighted by Crippen LogP contribution is -2.35. The number of carbonyl (C=O) groups is 2. The van der Waals surface area contributed by atoms with E-state index >= 15 is 0 Å². The molecule has 164 valence electrons. The number of amides is 2. The molecule has 2 heterocycles. The van der Waals surface area contributed by atoms with Gasteiger partial charge >= 0.3 is 6.18 Å². The van der Waals surface area contributed by atoms with Crippen molar-refractivity contribution < 1.29 is 22.8 Å². The zero-order chi connectivity index (χ0) is 22.7. The summed E-state index contributed by atoms with van der Waals surface area (Å²) >= 11 is 0. The van der Waals surface area contributed by atoms with E-state index in [0.29, 0.717) is 16.8 Å². The van der Waals surface area contributed by atoms with Crippen LogP contribution in [0.15, 0.2) is 60.9 Å². The van der Waals surface area contributed by atoms with Gasteiger partial charge in [0.2, 0.25) is 0 Å². The molecule has 2 amide bonds. The Bertz CT molecular complexity index is 1260. The van der Waals surface area contributed by atoms with E-state index in [1.54, 1.807) is 54.7 Å². The summed E-state index contributed by atoms with van der Waals surface area (Å²) in [5.41, 5.74) is -0.413. The van der Waals surface area contributed by atoms with Crippen molar-refractivity contribution in [2.24, 2.45) is 0 Å². The molecule has 0 aliphatic heterocycles. The highest BCUT2D eigenvalue weighted by Crippen LogP contribution is 2.31. The lowest BCUT2D eigenvalue weighted by molar-refractivity contribution is -0.141. The maximum absolute atomic E-state index is 13.4. The lowest BCUT2D eigenvalue weighted by Gasteiger charge is -2.08. The smallest absolute Gasteiger partial charge is 0.350 e. The van der Waals surface area contributed by atoms with Crippen molar-refractivity contribution in [1.29, 1.82) is 0 Å². The number of aromatic nitrogens is 4. The number of H-pyrrole nitrogens is 1. The molecule has 0 bridgehead atoms. The van der Waals surface area contributed by atoms with Gasteiger partial charge in [-0.2, -0.15) is 23.4 Å². The first-order chi connectivity index (χ1) is 15.3. The zero-order valence-electron chi connectivity index (χ0n) is 16.5. The number of aromatic amines is 1. The Hall–Kier alpha value is -4.15. The highest BCUT2D eigenvalue weighted by atomic mass is 19.4. The number of hydrogen-bond acceptors (Lipinski definition) is 4. The van der Waals surface area contributed by atoms with Gasteiger partial charge in [-0.3, -0.25) is 14.7 Å². The van der Waals surface area contributed by atoms with Gasteiger partial charge in [0.15, 0.2) is 5.69 Å². The van der Waals surface area contributed by atoms with E-state index in [-0.39, 0.29) is 19.0 Å². The van der Waals surface area contributed by atoms with Crippen LogP contribution in [-0.4, -0.2) is 44.9 Å². The molecule has 0 spiro atoms. The van der Waals surface area contributed by atoms with E-state index in [9.17, 15) is 22.8 Å². The Morgan fingerprint density at radius 2 is 1.72 bits per heavy atom. The topological polar surface area (TPSA) is 105 Å². The third-order valence-corrected chi connectivity index (χ3v) is 4.65. The molecule has 0 aliphatic rings. The molecule has 0 fully saturated rings. The Kier molecular flexibility index (Phi) is 5.63. The second-order valence-corrected chi connectivity index (χ2v) is 6.85. The van der Waals surface area contributed by atoms with Crippen LogP contribution in [0.3, 0.4) is 0 Å². The molecule has 32 heavy (non-hydrogen) atoms. The fraction of sp³-hybridized carbons (Fsp3) is 0.143. The summed E-state index contributed by atoms with van der Waals surface area (Å²) in [6.45, 7) is -0.0373. The van der Waals surface area contributed by atoms with Crippen molar-refractivity contribution >= 4 is 22.7 Å². The van der Waals surface area contributed by atoms with Crippen molar-refractivity contribution in [3.8, 4) is 5.69 Å². The van der Waals surface area contributed by atoms with Gasteiger partial charge in [-0.05, 0) is 24.3 Å². The zero-order valence-corrected chi connectivity index (χ0v) is 16.5. The molecular weight excluding hydrogens is 425 g/mol. The third-order valence-electron chi connectivity index (χ3n) is 4.65. The summed E-state index contributed by atoms with van der Waals surface area (Å²) in [6, 6.07) is 13.2. The van der Waals surface area contributed by atoms with Crippen LogP contribution >= 0.6 is 0 Å². The van der Waals surface area contributed by atoms with Crippen LogP contribution in [0.5, 0.6) is 0 Å². The molecule has 0 unspecified atom stereocenters. The van der Waals surface area contributed by atoms with E-state index in [1.165, 1.54) is 0 Å². The minimum Gasteiger partial charge on any atom is -0.350 e. The minimum atomic E-state index is -4.80. The van der Waals surface area contributed by atoms with Crippen molar-refractivity contribution in [2.75, 3.05) is 13.1 Å². The van der Waals surface area contributed by atoms with E-state index in [0.717, 1.165) is 16.3 Å². The van der Waals surface area contributed by atoms with E-state index in [2.05, 4.69) is 25.9 Å². The Labute approximate surface area is 179 Å². The van der Waals surface area contributed by atoms with Crippen LogP contribution in [0.25, 0.3) is 16.6 Å². The molecule has 0 saturated heterocycles. The maximum Gasteiger partial charge on any atom is 0.435 e. The fourth-order valence-electron chi connectivity index (χ4n) is 3.09. The Morgan fingerprint density at radius 3 is 2.44 bits per heavy atom. The van der Waals surface area contributed by atoms with Gasteiger partial charge in [0, 0.05) is 30.2 Å². The number of carbonyl (C=O) groups excluding carboxylic acids is 2. The molecule has 2 aromatic heterocycles. The number of nitrogens with zero attached hydrogens (tertiary/aromatic N) is 3. The molecule has 8 nitrogen and oxygen atoms in total. The average Bonchev–Trinajstić information content (AvgIpc) is 3.43.